The van der Waals surface area contributed by atoms with Crippen molar-refractivity contribution in [1.29, 1.82) is 5.26 Å². The largest absolute Gasteiger partial charge is 0.325 e. The number of nitriles is 1. The molecule has 0 aliphatic carbocycles. The van der Waals surface area contributed by atoms with E-state index in [1.165, 1.54) is 11.1 Å². The van der Waals surface area contributed by atoms with E-state index in [9.17, 15) is 4.79 Å². The summed E-state index contributed by atoms with van der Waals surface area (Å²) in [5, 5.41) is 12.0. The zero-order chi connectivity index (χ0) is 17.3. The van der Waals surface area contributed by atoms with Crippen LogP contribution < -0.4 is 5.32 Å². The standard InChI is InChI=1S/C21H21N3O/c22-13-16-6-8-17(9-7-16)14-24-11-3-10-21(15-24)12-18-4-1-2-5-19(18)23-20(21)25/h1-2,4-9H,3,10-12,14-15H2,(H,23,25). The van der Waals surface area contributed by atoms with Gasteiger partial charge in [-0.25, -0.2) is 0 Å². The number of amides is 1. The Morgan fingerprint density at radius 1 is 1.16 bits per heavy atom. The number of fused-ring (bicyclic) bond motifs is 1. The van der Waals surface area contributed by atoms with E-state index in [0.29, 0.717) is 5.56 Å². The lowest BCUT2D eigenvalue weighted by Gasteiger charge is -2.44. The minimum absolute atomic E-state index is 0.163. The van der Waals surface area contributed by atoms with Crippen molar-refractivity contribution in [3.05, 3.63) is 65.2 Å². The third kappa shape index (κ3) is 3.04. The highest BCUT2D eigenvalue weighted by molar-refractivity contribution is 5.98. The molecule has 1 saturated heterocycles. The summed E-state index contributed by atoms with van der Waals surface area (Å²) in [5.74, 6) is 0.163. The lowest BCUT2D eigenvalue weighted by Crippen LogP contribution is -2.52. The van der Waals surface area contributed by atoms with E-state index in [-0.39, 0.29) is 11.3 Å². The molecule has 1 atom stereocenters. The first-order chi connectivity index (χ1) is 12.2. The Hall–Kier alpha value is -2.64. The Morgan fingerprint density at radius 3 is 2.76 bits per heavy atom. The molecule has 4 rings (SSSR count). The number of hydrogen-bond acceptors (Lipinski definition) is 3. The average Bonchev–Trinajstić information content (AvgIpc) is 2.64. The van der Waals surface area contributed by atoms with Gasteiger partial charge in [-0.3, -0.25) is 9.69 Å². The van der Waals surface area contributed by atoms with E-state index in [0.717, 1.165) is 44.6 Å². The maximum absolute atomic E-state index is 12.8. The molecule has 0 saturated carbocycles. The van der Waals surface area contributed by atoms with Gasteiger partial charge in [0.05, 0.1) is 17.0 Å². The van der Waals surface area contributed by atoms with E-state index >= 15 is 0 Å². The van der Waals surface area contributed by atoms with Gasteiger partial charge in [0.1, 0.15) is 0 Å². The van der Waals surface area contributed by atoms with Crippen LogP contribution >= 0.6 is 0 Å². The Labute approximate surface area is 148 Å². The second-order valence-electron chi connectivity index (χ2n) is 7.19. The van der Waals surface area contributed by atoms with Crippen molar-refractivity contribution in [2.45, 2.75) is 25.8 Å². The molecular weight excluding hydrogens is 310 g/mol. The minimum Gasteiger partial charge on any atom is -0.325 e. The van der Waals surface area contributed by atoms with Crippen molar-refractivity contribution < 1.29 is 4.79 Å². The van der Waals surface area contributed by atoms with Crippen LogP contribution in [0.4, 0.5) is 5.69 Å². The highest BCUT2D eigenvalue weighted by Crippen LogP contribution is 2.40. The molecule has 0 radical (unpaired) electrons. The summed E-state index contributed by atoms with van der Waals surface area (Å²) in [4.78, 5) is 15.2. The number of piperidine rings is 1. The van der Waals surface area contributed by atoms with Crippen LogP contribution in [0.25, 0.3) is 0 Å². The normalized spacial score (nSPS) is 22.9. The number of nitrogens with zero attached hydrogens (tertiary/aromatic N) is 2. The predicted molar refractivity (Wildman–Crippen MR) is 96.9 cm³/mol. The summed E-state index contributed by atoms with van der Waals surface area (Å²) < 4.78 is 0. The van der Waals surface area contributed by atoms with E-state index < -0.39 is 0 Å². The quantitative estimate of drug-likeness (QED) is 0.918. The smallest absolute Gasteiger partial charge is 0.232 e. The lowest BCUT2D eigenvalue weighted by molar-refractivity contribution is -0.129. The fourth-order valence-corrected chi connectivity index (χ4v) is 4.13. The first-order valence-electron chi connectivity index (χ1n) is 8.79. The summed E-state index contributed by atoms with van der Waals surface area (Å²) >= 11 is 0. The van der Waals surface area contributed by atoms with Crippen LogP contribution in [-0.4, -0.2) is 23.9 Å². The lowest BCUT2D eigenvalue weighted by atomic mass is 9.72. The maximum atomic E-state index is 12.8. The molecule has 2 aliphatic rings. The SMILES string of the molecule is N#Cc1ccc(CN2CCCC3(Cc4ccccc4NC3=O)C2)cc1. The number of benzene rings is 2. The van der Waals surface area contributed by atoms with Crippen LogP contribution in [-0.2, 0) is 17.8 Å². The van der Waals surface area contributed by atoms with Crippen molar-refractivity contribution in [3.8, 4) is 6.07 Å². The molecule has 1 N–H and O–H groups in total. The first kappa shape index (κ1) is 15.9. The third-order valence-electron chi connectivity index (χ3n) is 5.42. The van der Waals surface area contributed by atoms with Gasteiger partial charge in [-0.2, -0.15) is 5.26 Å². The monoisotopic (exact) mass is 331 g/mol. The molecule has 1 amide bonds. The first-order valence-corrected chi connectivity index (χ1v) is 8.79. The summed E-state index contributed by atoms with van der Waals surface area (Å²) in [6, 6.07) is 18.0. The van der Waals surface area contributed by atoms with E-state index in [2.05, 4.69) is 22.4 Å². The van der Waals surface area contributed by atoms with Crippen molar-refractivity contribution in [2.75, 3.05) is 18.4 Å². The molecule has 4 heteroatoms. The van der Waals surface area contributed by atoms with Gasteiger partial charge in [0.25, 0.3) is 0 Å². The number of anilines is 1. The Morgan fingerprint density at radius 2 is 1.96 bits per heavy atom. The second kappa shape index (κ2) is 6.34. The molecule has 2 aromatic carbocycles. The average molecular weight is 331 g/mol. The van der Waals surface area contributed by atoms with Crippen LogP contribution in [0.1, 0.15) is 29.5 Å². The minimum atomic E-state index is -0.320. The number of likely N-dealkylation sites (tertiary alicyclic amines) is 1. The number of hydrogen-bond donors (Lipinski definition) is 1. The van der Waals surface area contributed by atoms with Gasteiger partial charge in [-0.15, -0.1) is 0 Å². The Balaban J connectivity index is 1.52. The maximum Gasteiger partial charge on any atom is 0.232 e. The highest BCUT2D eigenvalue weighted by atomic mass is 16.2. The summed E-state index contributed by atoms with van der Waals surface area (Å²) in [7, 11) is 0. The van der Waals surface area contributed by atoms with Gasteiger partial charge in [0.2, 0.25) is 5.91 Å². The van der Waals surface area contributed by atoms with Gasteiger partial charge >= 0.3 is 0 Å². The van der Waals surface area contributed by atoms with Crippen molar-refractivity contribution in [2.24, 2.45) is 5.41 Å². The Kier molecular flexibility index (Phi) is 4.03. The van der Waals surface area contributed by atoms with Gasteiger partial charge in [-0.1, -0.05) is 30.3 Å². The number of rotatable bonds is 2. The molecule has 0 bridgehead atoms. The zero-order valence-corrected chi connectivity index (χ0v) is 14.2. The van der Waals surface area contributed by atoms with E-state index in [4.69, 9.17) is 5.26 Å². The van der Waals surface area contributed by atoms with Crippen LogP contribution in [0.2, 0.25) is 0 Å². The molecular formula is C21H21N3O. The van der Waals surface area contributed by atoms with Gasteiger partial charge in [-0.05, 0) is 55.1 Å². The summed E-state index contributed by atoms with van der Waals surface area (Å²) in [5.41, 5.74) is 3.75. The van der Waals surface area contributed by atoms with Gasteiger partial charge < -0.3 is 5.32 Å². The predicted octanol–water partition coefficient (Wildman–Crippen LogP) is 3.34. The van der Waals surface area contributed by atoms with Crippen LogP contribution in [0.3, 0.4) is 0 Å². The van der Waals surface area contributed by atoms with Gasteiger partial charge in [0.15, 0.2) is 0 Å². The van der Waals surface area contributed by atoms with E-state index in [1.54, 1.807) is 0 Å². The highest BCUT2D eigenvalue weighted by Gasteiger charge is 2.44. The molecule has 2 aromatic rings. The molecule has 25 heavy (non-hydrogen) atoms. The molecule has 2 aliphatic heterocycles. The van der Waals surface area contributed by atoms with Crippen LogP contribution in [0.15, 0.2) is 48.5 Å². The number of para-hydroxylation sites is 1. The topological polar surface area (TPSA) is 56.1 Å². The Bertz CT molecular complexity index is 837. The van der Waals surface area contributed by atoms with Crippen molar-refractivity contribution in [1.82, 2.24) is 4.90 Å². The fraction of sp³-hybridized carbons (Fsp3) is 0.333. The molecule has 4 nitrogen and oxygen atoms in total. The number of nitrogens with one attached hydrogen (secondary N) is 1. The molecule has 1 unspecified atom stereocenters. The molecule has 126 valence electrons. The summed E-state index contributed by atoms with van der Waals surface area (Å²) in [6.07, 6.45) is 2.79. The fourth-order valence-electron chi connectivity index (χ4n) is 4.13. The summed E-state index contributed by atoms with van der Waals surface area (Å²) in [6.45, 7) is 2.62. The van der Waals surface area contributed by atoms with Crippen LogP contribution in [0.5, 0.6) is 0 Å². The number of carbonyl (C=O) groups excluding carboxylic acids is 1. The zero-order valence-electron chi connectivity index (χ0n) is 14.2. The van der Waals surface area contributed by atoms with Crippen molar-refractivity contribution in [3.63, 3.8) is 0 Å². The molecule has 1 fully saturated rings. The number of carbonyl (C=O) groups is 1. The third-order valence-corrected chi connectivity index (χ3v) is 5.42. The van der Waals surface area contributed by atoms with Crippen LogP contribution in [0, 0.1) is 16.7 Å². The molecule has 0 aromatic heterocycles. The molecule has 1 spiro atoms. The van der Waals surface area contributed by atoms with Crippen molar-refractivity contribution >= 4 is 11.6 Å². The van der Waals surface area contributed by atoms with E-state index in [1.807, 2.05) is 42.5 Å². The van der Waals surface area contributed by atoms with Gasteiger partial charge in [0, 0.05) is 18.8 Å². The second-order valence-corrected chi connectivity index (χ2v) is 7.19. The molecule has 2 heterocycles.